The maximum Gasteiger partial charge on any atom is 0.302 e. The minimum absolute atomic E-state index is 0.0257. The molecule has 4 aliphatic carbocycles. The normalized spacial score (nSPS) is 45.8. The fourth-order valence-corrected chi connectivity index (χ4v) is 10.4. The van der Waals surface area contributed by atoms with Crippen molar-refractivity contribution in [2.45, 2.75) is 117 Å². The Kier molecular flexibility index (Phi) is 7.46. The Labute approximate surface area is 210 Å². The first-order chi connectivity index (χ1) is 15.5. The standard InChI is InChI=1S/C29H47BrO3/c1-17(2)8-7-9-18(3)21-10-11-22-25-23(13-15-28(21,22)5)29(6)14-12-20(33-19(4)31)16-24(29)27(32)26(25)30/h17-18,20-26H,7-16H2,1-6H3/t18-,20?,21-,22+,23+,24?,25+,26?,28-,29-/m1/s1. The molecule has 0 aromatic rings. The minimum Gasteiger partial charge on any atom is -0.463 e. The molecule has 0 heterocycles. The molecular formula is C29H47BrO3. The number of ketones is 1. The highest BCUT2D eigenvalue weighted by Gasteiger charge is 2.65. The lowest BCUT2D eigenvalue weighted by Crippen LogP contribution is -2.61. The van der Waals surface area contributed by atoms with Gasteiger partial charge in [0.05, 0.1) is 4.83 Å². The summed E-state index contributed by atoms with van der Waals surface area (Å²) in [5.41, 5.74) is 0.438. The lowest BCUT2D eigenvalue weighted by molar-refractivity contribution is -0.168. The SMILES string of the molecule is CC(=O)OC1CC[C@@]2(C)C(C1)C(=O)C(Br)[C@H]1[C@@H]3CC[C@H]([C@H](C)CCCC(C)C)[C@@]3(C)CC[C@@H]12. The number of hydrogen-bond donors (Lipinski definition) is 0. The van der Waals surface area contributed by atoms with Gasteiger partial charge in [0.2, 0.25) is 0 Å². The maximum atomic E-state index is 13.8. The van der Waals surface area contributed by atoms with Crippen molar-refractivity contribution in [2.75, 3.05) is 0 Å². The van der Waals surface area contributed by atoms with Crippen LogP contribution in [0, 0.1) is 52.3 Å². The van der Waals surface area contributed by atoms with E-state index in [1.54, 1.807) is 0 Å². The van der Waals surface area contributed by atoms with Gasteiger partial charge in [0.25, 0.3) is 0 Å². The number of halogens is 1. The molecule has 0 N–H and O–H groups in total. The van der Waals surface area contributed by atoms with Gasteiger partial charge in [-0.3, -0.25) is 9.59 Å². The molecule has 4 fully saturated rings. The van der Waals surface area contributed by atoms with Gasteiger partial charge in [-0.05, 0) is 91.3 Å². The number of hydrogen-bond acceptors (Lipinski definition) is 3. The Hall–Kier alpha value is -0.380. The number of esters is 1. The number of carbonyl (C=O) groups is 2. The smallest absolute Gasteiger partial charge is 0.302 e. The van der Waals surface area contributed by atoms with Crippen molar-refractivity contribution < 1.29 is 14.3 Å². The molecule has 0 saturated heterocycles. The van der Waals surface area contributed by atoms with E-state index in [0.29, 0.717) is 29.0 Å². The monoisotopic (exact) mass is 522 g/mol. The molecule has 0 aliphatic heterocycles. The number of Topliss-reactive ketones (excluding diaryl/α,β-unsaturated/α-hetero) is 1. The average Bonchev–Trinajstić information content (AvgIpc) is 3.09. The van der Waals surface area contributed by atoms with Crippen LogP contribution in [0.3, 0.4) is 0 Å². The molecule has 4 rings (SSSR count). The summed E-state index contributed by atoms with van der Waals surface area (Å²) in [6, 6.07) is 0. The summed E-state index contributed by atoms with van der Waals surface area (Å²) in [7, 11) is 0. The summed E-state index contributed by atoms with van der Waals surface area (Å²) in [4.78, 5) is 25.3. The molecule has 0 radical (unpaired) electrons. The van der Waals surface area contributed by atoms with E-state index >= 15 is 0 Å². The zero-order valence-electron chi connectivity index (χ0n) is 21.9. The van der Waals surface area contributed by atoms with Crippen LogP contribution in [0.15, 0.2) is 0 Å². The summed E-state index contributed by atoms with van der Waals surface area (Å²) < 4.78 is 5.57. The van der Waals surface area contributed by atoms with Crippen molar-refractivity contribution in [2.24, 2.45) is 52.3 Å². The van der Waals surface area contributed by atoms with Crippen molar-refractivity contribution in [3.8, 4) is 0 Å². The Morgan fingerprint density at radius 3 is 2.36 bits per heavy atom. The molecule has 4 saturated carbocycles. The highest BCUT2D eigenvalue weighted by molar-refractivity contribution is 9.10. The van der Waals surface area contributed by atoms with Crippen LogP contribution in [0.25, 0.3) is 0 Å². The molecule has 4 heteroatoms. The van der Waals surface area contributed by atoms with E-state index in [9.17, 15) is 9.59 Å². The largest absolute Gasteiger partial charge is 0.463 e. The van der Waals surface area contributed by atoms with Gasteiger partial charge in [-0.15, -0.1) is 0 Å². The predicted octanol–water partition coefficient (Wildman–Crippen LogP) is 7.59. The van der Waals surface area contributed by atoms with E-state index in [1.165, 1.54) is 51.9 Å². The number of ether oxygens (including phenoxy) is 1. The van der Waals surface area contributed by atoms with Gasteiger partial charge in [-0.25, -0.2) is 0 Å². The lowest BCUT2D eigenvalue weighted by Gasteiger charge is -2.61. The predicted molar refractivity (Wildman–Crippen MR) is 137 cm³/mol. The number of alkyl halides is 1. The lowest BCUT2D eigenvalue weighted by atomic mass is 9.44. The molecule has 0 amide bonds. The van der Waals surface area contributed by atoms with Crippen molar-refractivity contribution in [1.82, 2.24) is 0 Å². The van der Waals surface area contributed by atoms with E-state index in [0.717, 1.165) is 37.0 Å². The summed E-state index contributed by atoms with van der Waals surface area (Å²) in [5.74, 6) is 4.32. The molecule has 10 atom stereocenters. The number of fused-ring (bicyclic) bond motifs is 5. The van der Waals surface area contributed by atoms with Gasteiger partial charge >= 0.3 is 5.97 Å². The molecule has 0 aromatic carbocycles. The van der Waals surface area contributed by atoms with E-state index in [-0.39, 0.29) is 28.2 Å². The van der Waals surface area contributed by atoms with Crippen LogP contribution in [0.4, 0.5) is 0 Å². The first-order valence-electron chi connectivity index (χ1n) is 13.8. The van der Waals surface area contributed by atoms with Crippen LogP contribution in [0.2, 0.25) is 0 Å². The van der Waals surface area contributed by atoms with E-state index in [2.05, 4.69) is 50.5 Å². The van der Waals surface area contributed by atoms with E-state index in [4.69, 9.17) is 4.74 Å². The first kappa shape index (κ1) is 25.7. The van der Waals surface area contributed by atoms with Crippen molar-refractivity contribution >= 4 is 27.7 Å². The van der Waals surface area contributed by atoms with Gasteiger partial charge in [0, 0.05) is 12.8 Å². The van der Waals surface area contributed by atoms with Crippen LogP contribution in [0.5, 0.6) is 0 Å². The number of carbonyl (C=O) groups excluding carboxylic acids is 2. The molecule has 188 valence electrons. The van der Waals surface area contributed by atoms with Crippen LogP contribution >= 0.6 is 15.9 Å². The maximum absolute atomic E-state index is 13.8. The molecule has 33 heavy (non-hydrogen) atoms. The average molecular weight is 524 g/mol. The molecule has 0 bridgehead atoms. The highest BCUT2D eigenvalue weighted by Crippen LogP contribution is 2.68. The Morgan fingerprint density at radius 2 is 1.70 bits per heavy atom. The second kappa shape index (κ2) is 9.58. The van der Waals surface area contributed by atoms with Gasteiger partial charge in [0.1, 0.15) is 6.10 Å². The molecule has 3 nitrogen and oxygen atoms in total. The highest BCUT2D eigenvalue weighted by atomic mass is 79.9. The Bertz CT molecular complexity index is 749. The molecule has 4 aliphatic rings. The van der Waals surface area contributed by atoms with Crippen LogP contribution < -0.4 is 0 Å². The van der Waals surface area contributed by atoms with Crippen LogP contribution in [0.1, 0.15) is 106 Å². The third-order valence-corrected chi connectivity index (χ3v) is 12.0. The van der Waals surface area contributed by atoms with Gasteiger partial charge in [-0.1, -0.05) is 69.8 Å². The van der Waals surface area contributed by atoms with Gasteiger partial charge in [0.15, 0.2) is 5.78 Å². The zero-order chi connectivity index (χ0) is 24.1. The van der Waals surface area contributed by atoms with Crippen molar-refractivity contribution in [1.29, 1.82) is 0 Å². The second-order valence-electron chi connectivity index (χ2n) is 13.2. The first-order valence-corrected chi connectivity index (χ1v) is 14.8. The van der Waals surface area contributed by atoms with Gasteiger partial charge < -0.3 is 4.74 Å². The number of rotatable bonds is 6. The van der Waals surface area contributed by atoms with Crippen LogP contribution in [-0.4, -0.2) is 22.7 Å². The third-order valence-electron chi connectivity index (χ3n) is 11.0. The second-order valence-corrected chi connectivity index (χ2v) is 14.2. The molecular weight excluding hydrogens is 476 g/mol. The molecule has 3 unspecified atom stereocenters. The fourth-order valence-electron chi connectivity index (χ4n) is 9.30. The quantitative estimate of drug-likeness (QED) is 0.266. The third kappa shape index (κ3) is 4.49. The van der Waals surface area contributed by atoms with Gasteiger partial charge in [-0.2, -0.15) is 0 Å². The van der Waals surface area contributed by atoms with Crippen LogP contribution in [-0.2, 0) is 14.3 Å². The van der Waals surface area contributed by atoms with Crippen molar-refractivity contribution in [3.63, 3.8) is 0 Å². The fraction of sp³-hybridized carbons (Fsp3) is 0.931. The van der Waals surface area contributed by atoms with E-state index < -0.39 is 0 Å². The molecule has 0 aromatic heterocycles. The van der Waals surface area contributed by atoms with E-state index in [1.807, 2.05) is 0 Å². The Balaban J connectivity index is 1.53. The summed E-state index contributed by atoms with van der Waals surface area (Å²) in [6.45, 7) is 13.7. The summed E-state index contributed by atoms with van der Waals surface area (Å²) in [6.07, 6.45) is 11.8. The van der Waals surface area contributed by atoms with Crippen molar-refractivity contribution in [3.05, 3.63) is 0 Å². The zero-order valence-corrected chi connectivity index (χ0v) is 23.5. The Morgan fingerprint density at radius 1 is 1.03 bits per heavy atom. The summed E-state index contributed by atoms with van der Waals surface area (Å²) in [5, 5.41) is 0. The molecule has 0 spiro atoms. The topological polar surface area (TPSA) is 43.4 Å². The minimum atomic E-state index is -0.215. The summed E-state index contributed by atoms with van der Waals surface area (Å²) >= 11 is 3.97.